The monoisotopic (exact) mass is 248 g/mol. The van der Waals surface area contributed by atoms with E-state index in [2.05, 4.69) is 10.5 Å². The maximum Gasteiger partial charge on any atom is 0.275 e. The molecule has 0 aliphatic heterocycles. The molecule has 2 rings (SSSR count). The first-order chi connectivity index (χ1) is 8.61. The van der Waals surface area contributed by atoms with E-state index in [1.165, 1.54) is 18.2 Å². The zero-order valence-corrected chi connectivity index (χ0v) is 10.2. The van der Waals surface area contributed by atoms with Crippen LogP contribution in [0.3, 0.4) is 0 Å². The van der Waals surface area contributed by atoms with Crippen molar-refractivity contribution in [2.75, 3.05) is 6.61 Å². The smallest absolute Gasteiger partial charge is 0.274 e. The lowest BCUT2D eigenvalue weighted by molar-refractivity contribution is 0.0366. The standard InChI is InChI=1S/C13H13FN2O2/c1-3-18-16-13(17)11-6-8(2)15-12-7-9(14)4-5-10(11)12/h4-7H,3H2,1-2H3,(H,16,17). The van der Waals surface area contributed by atoms with E-state index < -0.39 is 0 Å². The Labute approximate surface area is 104 Å². The summed E-state index contributed by atoms with van der Waals surface area (Å²) in [6.07, 6.45) is 0. The van der Waals surface area contributed by atoms with Crippen LogP contribution in [0.15, 0.2) is 24.3 Å². The van der Waals surface area contributed by atoms with Crippen LogP contribution in [0.1, 0.15) is 23.0 Å². The third-order valence-corrected chi connectivity index (χ3v) is 2.45. The topological polar surface area (TPSA) is 51.2 Å². The predicted octanol–water partition coefficient (Wildman–Crippen LogP) is 2.36. The molecule has 0 saturated heterocycles. The van der Waals surface area contributed by atoms with Gasteiger partial charge in [0.05, 0.1) is 17.7 Å². The van der Waals surface area contributed by atoms with Gasteiger partial charge in [-0.25, -0.2) is 9.87 Å². The highest BCUT2D eigenvalue weighted by Crippen LogP contribution is 2.19. The summed E-state index contributed by atoms with van der Waals surface area (Å²) in [5.74, 6) is -0.740. The molecule has 0 aliphatic carbocycles. The summed E-state index contributed by atoms with van der Waals surface area (Å²) in [5, 5.41) is 0.596. The molecule has 1 aromatic heterocycles. The third-order valence-electron chi connectivity index (χ3n) is 2.45. The number of pyridine rings is 1. The molecule has 2 aromatic rings. The van der Waals surface area contributed by atoms with Gasteiger partial charge in [0, 0.05) is 17.1 Å². The molecule has 1 heterocycles. The molecule has 1 amide bonds. The molecule has 0 unspecified atom stereocenters. The summed E-state index contributed by atoms with van der Waals surface area (Å²) in [5.41, 5.74) is 3.85. The molecule has 0 saturated carbocycles. The molecule has 0 bridgehead atoms. The van der Waals surface area contributed by atoms with Gasteiger partial charge in [-0.3, -0.25) is 14.6 Å². The number of halogens is 1. The van der Waals surface area contributed by atoms with Crippen molar-refractivity contribution >= 4 is 16.8 Å². The molecule has 5 heteroatoms. The van der Waals surface area contributed by atoms with Gasteiger partial charge < -0.3 is 0 Å². The maximum absolute atomic E-state index is 13.1. The Bertz CT molecular complexity index is 594. The van der Waals surface area contributed by atoms with Crippen LogP contribution in [0.2, 0.25) is 0 Å². The molecule has 94 valence electrons. The van der Waals surface area contributed by atoms with Crippen LogP contribution in [0.5, 0.6) is 0 Å². The fourth-order valence-electron chi connectivity index (χ4n) is 1.71. The molecule has 1 N–H and O–H groups in total. The molecule has 0 atom stereocenters. The summed E-state index contributed by atoms with van der Waals surface area (Å²) in [6.45, 7) is 3.90. The number of benzene rings is 1. The van der Waals surface area contributed by atoms with Crippen molar-refractivity contribution in [1.29, 1.82) is 0 Å². The van der Waals surface area contributed by atoms with Gasteiger partial charge in [-0.2, -0.15) is 0 Å². The molecule has 4 nitrogen and oxygen atoms in total. The van der Waals surface area contributed by atoms with Gasteiger partial charge in [-0.05, 0) is 32.0 Å². The molecular weight excluding hydrogens is 235 g/mol. The van der Waals surface area contributed by atoms with Crippen LogP contribution in [-0.4, -0.2) is 17.5 Å². The van der Waals surface area contributed by atoms with Gasteiger partial charge in [0.1, 0.15) is 5.82 Å². The van der Waals surface area contributed by atoms with E-state index in [-0.39, 0.29) is 11.7 Å². The van der Waals surface area contributed by atoms with E-state index in [0.29, 0.717) is 28.8 Å². The number of carbonyl (C=O) groups is 1. The quantitative estimate of drug-likeness (QED) is 0.848. The third kappa shape index (κ3) is 2.46. The Balaban J connectivity index is 2.52. The van der Waals surface area contributed by atoms with Gasteiger partial charge in [-0.15, -0.1) is 0 Å². The average molecular weight is 248 g/mol. The number of rotatable bonds is 3. The fourth-order valence-corrected chi connectivity index (χ4v) is 1.71. The number of amides is 1. The lowest BCUT2D eigenvalue weighted by Crippen LogP contribution is -2.24. The number of carbonyl (C=O) groups excluding carboxylic acids is 1. The van der Waals surface area contributed by atoms with E-state index in [4.69, 9.17) is 4.84 Å². The summed E-state index contributed by atoms with van der Waals surface area (Å²) in [7, 11) is 0. The van der Waals surface area contributed by atoms with E-state index in [9.17, 15) is 9.18 Å². The minimum Gasteiger partial charge on any atom is -0.274 e. The number of nitrogens with zero attached hydrogens (tertiary/aromatic N) is 1. The Kier molecular flexibility index (Phi) is 3.53. The highest BCUT2D eigenvalue weighted by Gasteiger charge is 2.12. The van der Waals surface area contributed by atoms with E-state index in [1.807, 2.05) is 0 Å². The van der Waals surface area contributed by atoms with E-state index >= 15 is 0 Å². The molecule has 0 spiro atoms. The number of aromatic nitrogens is 1. The van der Waals surface area contributed by atoms with E-state index in [0.717, 1.165) is 0 Å². The van der Waals surface area contributed by atoms with Crippen molar-refractivity contribution in [3.63, 3.8) is 0 Å². The fraction of sp³-hybridized carbons (Fsp3) is 0.231. The number of aryl methyl sites for hydroxylation is 1. The largest absolute Gasteiger partial charge is 0.275 e. The molecule has 1 aromatic carbocycles. The number of hydroxylamine groups is 1. The average Bonchev–Trinajstić information content (AvgIpc) is 2.34. The highest BCUT2D eigenvalue weighted by atomic mass is 19.1. The first-order valence-corrected chi connectivity index (χ1v) is 5.61. The summed E-state index contributed by atoms with van der Waals surface area (Å²) in [4.78, 5) is 21.0. The molecule has 0 radical (unpaired) electrons. The molecule has 0 fully saturated rings. The van der Waals surface area contributed by atoms with Crippen LogP contribution in [0, 0.1) is 12.7 Å². The molecule has 18 heavy (non-hydrogen) atoms. The second-order valence-corrected chi connectivity index (χ2v) is 3.84. The number of hydrogen-bond acceptors (Lipinski definition) is 3. The Morgan fingerprint density at radius 1 is 1.44 bits per heavy atom. The Morgan fingerprint density at radius 2 is 2.22 bits per heavy atom. The maximum atomic E-state index is 13.1. The molecular formula is C13H13FN2O2. The Hall–Kier alpha value is -2.01. The first-order valence-electron chi connectivity index (χ1n) is 5.61. The van der Waals surface area contributed by atoms with Crippen molar-refractivity contribution < 1.29 is 14.0 Å². The zero-order valence-electron chi connectivity index (χ0n) is 10.2. The van der Waals surface area contributed by atoms with Crippen molar-refractivity contribution in [2.24, 2.45) is 0 Å². The van der Waals surface area contributed by atoms with Crippen molar-refractivity contribution in [3.8, 4) is 0 Å². The SMILES string of the molecule is CCONC(=O)c1cc(C)nc2cc(F)ccc12. The van der Waals surface area contributed by atoms with Crippen LogP contribution >= 0.6 is 0 Å². The number of nitrogens with one attached hydrogen (secondary N) is 1. The van der Waals surface area contributed by atoms with Crippen molar-refractivity contribution in [3.05, 3.63) is 41.3 Å². The number of hydrogen-bond donors (Lipinski definition) is 1. The van der Waals surface area contributed by atoms with Gasteiger partial charge in [0.15, 0.2) is 0 Å². The van der Waals surface area contributed by atoms with Gasteiger partial charge in [0.2, 0.25) is 0 Å². The van der Waals surface area contributed by atoms with Crippen molar-refractivity contribution in [1.82, 2.24) is 10.5 Å². The van der Waals surface area contributed by atoms with Crippen LogP contribution in [0.4, 0.5) is 4.39 Å². The normalized spacial score (nSPS) is 10.6. The van der Waals surface area contributed by atoms with Crippen molar-refractivity contribution in [2.45, 2.75) is 13.8 Å². The summed E-state index contributed by atoms with van der Waals surface area (Å²) < 4.78 is 13.1. The second-order valence-electron chi connectivity index (χ2n) is 3.84. The van der Waals surface area contributed by atoms with Crippen LogP contribution in [0.25, 0.3) is 10.9 Å². The summed E-state index contributed by atoms with van der Waals surface area (Å²) in [6, 6.07) is 5.79. The van der Waals surface area contributed by atoms with E-state index in [1.54, 1.807) is 19.9 Å². The lowest BCUT2D eigenvalue weighted by Gasteiger charge is -2.08. The second kappa shape index (κ2) is 5.10. The van der Waals surface area contributed by atoms with Gasteiger partial charge in [-0.1, -0.05) is 0 Å². The molecule has 0 aliphatic rings. The highest BCUT2D eigenvalue weighted by molar-refractivity contribution is 6.05. The minimum atomic E-state index is -0.378. The van der Waals surface area contributed by atoms with Crippen LogP contribution in [-0.2, 0) is 4.84 Å². The first kappa shape index (κ1) is 12.4. The predicted molar refractivity (Wildman–Crippen MR) is 65.5 cm³/mol. The zero-order chi connectivity index (χ0) is 13.1. The summed E-state index contributed by atoms with van der Waals surface area (Å²) >= 11 is 0. The van der Waals surface area contributed by atoms with Gasteiger partial charge >= 0.3 is 0 Å². The van der Waals surface area contributed by atoms with Gasteiger partial charge in [0.25, 0.3) is 5.91 Å². The minimum absolute atomic E-state index is 0.362. The van der Waals surface area contributed by atoms with Crippen LogP contribution < -0.4 is 5.48 Å². The number of fused-ring (bicyclic) bond motifs is 1. The lowest BCUT2D eigenvalue weighted by atomic mass is 10.1. The Morgan fingerprint density at radius 3 is 2.94 bits per heavy atom.